The third-order valence-electron chi connectivity index (χ3n) is 3.19. The standard InChI is InChI=1S/C14H15N5/c1-3-19-9-8-16-14(19)12-10-6-4-5-7-11(10)13(15-2)18-17-12/h4-9H,3H2,1-2H3,(H,15,18). The molecule has 3 rings (SSSR count). The molecule has 0 aliphatic rings. The van der Waals surface area contributed by atoms with Gasteiger partial charge in [0.15, 0.2) is 11.6 Å². The van der Waals surface area contributed by atoms with Crippen molar-refractivity contribution in [2.24, 2.45) is 0 Å². The number of nitrogens with one attached hydrogen (secondary N) is 1. The highest BCUT2D eigenvalue weighted by atomic mass is 15.2. The molecular formula is C14H15N5. The highest BCUT2D eigenvalue weighted by Gasteiger charge is 2.13. The lowest BCUT2D eigenvalue weighted by molar-refractivity contribution is 0.766. The van der Waals surface area contributed by atoms with Gasteiger partial charge in [-0.15, -0.1) is 10.2 Å². The molecule has 0 amide bonds. The number of aryl methyl sites for hydroxylation is 1. The maximum Gasteiger partial charge on any atom is 0.161 e. The second-order valence-electron chi connectivity index (χ2n) is 4.23. The van der Waals surface area contributed by atoms with Gasteiger partial charge >= 0.3 is 0 Å². The van der Waals surface area contributed by atoms with Crippen LogP contribution in [0, 0.1) is 0 Å². The molecule has 1 aromatic carbocycles. The lowest BCUT2D eigenvalue weighted by Crippen LogP contribution is -2.02. The molecule has 5 nitrogen and oxygen atoms in total. The summed E-state index contributed by atoms with van der Waals surface area (Å²) in [5.74, 6) is 1.64. The Morgan fingerprint density at radius 3 is 2.68 bits per heavy atom. The number of nitrogens with zero attached hydrogens (tertiary/aromatic N) is 4. The number of hydrogen-bond acceptors (Lipinski definition) is 4. The van der Waals surface area contributed by atoms with Crippen molar-refractivity contribution in [3.8, 4) is 11.5 Å². The third-order valence-corrected chi connectivity index (χ3v) is 3.19. The van der Waals surface area contributed by atoms with Crippen molar-refractivity contribution in [1.29, 1.82) is 0 Å². The summed E-state index contributed by atoms with van der Waals surface area (Å²) in [4.78, 5) is 4.40. The van der Waals surface area contributed by atoms with Crippen LogP contribution in [0.1, 0.15) is 6.92 Å². The first kappa shape index (κ1) is 11.6. The molecule has 2 aromatic heterocycles. The molecule has 0 saturated carbocycles. The van der Waals surface area contributed by atoms with Gasteiger partial charge in [-0.3, -0.25) is 0 Å². The summed E-state index contributed by atoms with van der Waals surface area (Å²) in [7, 11) is 1.85. The third kappa shape index (κ3) is 1.83. The fraction of sp³-hybridized carbons (Fsp3) is 0.214. The van der Waals surface area contributed by atoms with Crippen molar-refractivity contribution in [3.05, 3.63) is 36.7 Å². The van der Waals surface area contributed by atoms with E-state index in [1.165, 1.54) is 0 Å². The molecule has 0 aliphatic heterocycles. The van der Waals surface area contributed by atoms with Crippen LogP contribution in [0.2, 0.25) is 0 Å². The van der Waals surface area contributed by atoms with Crippen LogP contribution in [0.15, 0.2) is 36.7 Å². The molecule has 96 valence electrons. The minimum atomic E-state index is 0.786. The first-order chi connectivity index (χ1) is 9.35. The van der Waals surface area contributed by atoms with Crippen LogP contribution in [-0.2, 0) is 6.54 Å². The Bertz CT molecular complexity index is 717. The molecule has 0 unspecified atom stereocenters. The van der Waals surface area contributed by atoms with Crippen molar-refractivity contribution in [1.82, 2.24) is 19.7 Å². The highest BCUT2D eigenvalue weighted by molar-refractivity contribution is 5.98. The summed E-state index contributed by atoms with van der Waals surface area (Å²) < 4.78 is 2.06. The van der Waals surface area contributed by atoms with E-state index in [0.29, 0.717) is 0 Å². The number of anilines is 1. The Hall–Kier alpha value is -2.43. The van der Waals surface area contributed by atoms with Gasteiger partial charge in [0, 0.05) is 36.8 Å². The van der Waals surface area contributed by atoms with E-state index in [-0.39, 0.29) is 0 Å². The molecule has 2 heterocycles. The Balaban J connectivity index is 2.31. The molecule has 0 bridgehead atoms. The van der Waals surface area contributed by atoms with Gasteiger partial charge in [0.25, 0.3) is 0 Å². The molecule has 0 spiro atoms. The molecule has 0 radical (unpaired) electrons. The fourth-order valence-electron chi connectivity index (χ4n) is 2.24. The van der Waals surface area contributed by atoms with Crippen LogP contribution in [0.4, 0.5) is 5.82 Å². The van der Waals surface area contributed by atoms with Gasteiger partial charge in [-0.05, 0) is 6.92 Å². The summed E-state index contributed by atoms with van der Waals surface area (Å²) in [6, 6.07) is 8.10. The van der Waals surface area contributed by atoms with Crippen LogP contribution in [0.3, 0.4) is 0 Å². The van der Waals surface area contributed by atoms with E-state index in [0.717, 1.165) is 34.7 Å². The zero-order valence-corrected chi connectivity index (χ0v) is 11.0. The van der Waals surface area contributed by atoms with Gasteiger partial charge in [0.2, 0.25) is 0 Å². The Morgan fingerprint density at radius 2 is 1.95 bits per heavy atom. The Morgan fingerprint density at radius 1 is 1.16 bits per heavy atom. The minimum Gasteiger partial charge on any atom is -0.371 e. The van der Waals surface area contributed by atoms with Crippen LogP contribution in [0.25, 0.3) is 22.3 Å². The maximum atomic E-state index is 4.40. The number of imidazole rings is 1. The number of fused-ring (bicyclic) bond motifs is 1. The molecule has 19 heavy (non-hydrogen) atoms. The lowest BCUT2D eigenvalue weighted by atomic mass is 10.1. The Labute approximate surface area is 111 Å². The van der Waals surface area contributed by atoms with E-state index in [4.69, 9.17) is 0 Å². The Kier molecular flexibility index (Phi) is 2.87. The zero-order chi connectivity index (χ0) is 13.2. The van der Waals surface area contributed by atoms with Gasteiger partial charge in [0.05, 0.1) is 0 Å². The van der Waals surface area contributed by atoms with Crippen LogP contribution in [0.5, 0.6) is 0 Å². The molecule has 3 aromatic rings. The van der Waals surface area contributed by atoms with Gasteiger partial charge in [-0.25, -0.2) is 4.98 Å². The highest BCUT2D eigenvalue weighted by Crippen LogP contribution is 2.28. The van der Waals surface area contributed by atoms with Crippen molar-refractivity contribution >= 4 is 16.6 Å². The quantitative estimate of drug-likeness (QED) is 0.779. The van der Waals surface area contributed by atoms with Crippen LogP contribution < -0.4 is 5.32 Å². The molecule has 0 saturated heterocycles. The fourth-order valence-corrected chi connectivity index (χ4v) is 2.24. The number of aromatic nitrogens is 4. The average molecular weight is 253 g/mol. The van der Waals surface area contributed by atoms with Gasteiger partial charge in [0.1, 0.15) is 5.69 Å². The number of hydrogen-bond donors (Lipinski definition) is 1. The van der Waals surface area contributed by atoms with E-state index in [1.54, 1.807) is 6.20 Å². The van der Waals surface area contributed by atoms with Crippen molar-refractivity contribution < 1.29 is 0 Å². The predicted molar refractivity (Wildman–Crippen MR) is 76.0 cm³/mol. The number of benzene rings is 1. The SMILES string of the molecule is CCn1ccnc1-c1nnc(NC)c2ccccc12. The number of rotatable bonds is 3. The van der Waals surface area contributed by atoms with Crippen molar-refractivity contribution in [2.45, 2.75) is 13.5 Å². The summed E-state index contributed by atoms with van der Waals surface area (Å²) in [6.07, 6.45) is 3.75. The second kappa shape index (κ2) is 4.68. The zero-order valence-electron chi connectivity index (χ0n) is 11.0. The van der Waals surface area contributed by atoms with E-state index in [2.05, 4.69) is 38.1 Å². The maximum absolute atomic E-state index is 4.40. The topological polar surface area (TPSA) is 55.6 Å². The van der Waals surface area contributed by atoms with E-state index in [1.807, 2.05) is 31.4 Å². The summed E-state index contributed by atoms with van der Waals surface area (Å²) >= 11 is 0. The first-order valence-electron chi connectivity index (χ1n) is 6.29. The first-order valence-corrected chi connectivity index (χ1v) is 6.29. The van der Waals surface area contributed by atoms with Crippen molar-refractivity contribution in [3.63, 3.8) is 0 Å². The lowest BCUT2D eigenvalue weighted by Gasteiger charge is -2.09. The molecule has 1 N–H and O–H groups in total. The van der Waals surface area contributed by atoms with Gasteiger partial charge in [-0.2, -0.15) is 0 Å². The monoisotopic (exact) mass is 253 g/mol. The average Bonchev–Trinajstić information content (AvgIpc) is 2.94. The minimum absolute atomic E-state index is 0.786. The van der Waals surface area contributed by atoms with E-state index < -0.39 is 0 Å². The second-order valence-corrected chi connectivity index (χ2v) is 4.23. The predicted octanol–water partition coefficient (Wildman–Crippen LogP) is 2.55. The van der Waals surface area contributed by atoms with Crippen molar-refractivity contribution in [2.75, 3.05) is 12.4 Å². The van der Waals surface area contributed by atoms with E-state index >= 15 is 0 Å². The largest absolute Gasteiger partial charge is 0.371 e. The summed E-state index contributed by atoms with van der Waals surface area (Å²) in [6.45, 7) is 2.95. The smallest absolute Gasteiger partial charge is 0.161 e. The molecule has 5 heteroatoms. The molecule has 0 aliphatic carbocycles. The van der Waals surface area contributed by atoms with Gasteiger partial charge < -0.3 is 9.88 Å². The molecule has 0 atom stereocenters. The van der Waals surface area contributed by atoms with E-state index in [9.17, 15) is 0 Å². The summed E-state index contributed by atoms with van der Waals surface area (Å²) in [5.41, 5.74) is 0.821. The van der Waals surface area contributed by atoms with Gasteiger partial charge in [-0.1, -0.05) is 24.3 Å². The molecule has 0 fully saturated rings. The van der Waals surface area contributed by atoms with Crippen LogP contribution in [-0.4, -0.2) is 26.8 Å². The summed E-state index contributed by atoms with van der Waals surface area (Å²) in [5, 5.41) is 13.8. The molecular weight excluding hydrogens is 238 g/mol. The normalized spacial score (nSPS) is 10.8. The van der Waals surface area contributed by atoms with Crippen LogP contribution >= 0.6 is 0 Å².